The highest BCUT2D eigenvalue weighted by molar-refractivity contribution is 5.82. The fourth-order valence-corrected chi connectivity index (χ4v) is 3.03. The van der Waals surface area contributed by atoms with Crippen molar-refractivity contribution >= 4 is 18.2 Å². The Hall–Kier alpha value is -2.62. The zero-order valence-electron chi connectivity index (χ0n) is 13.5. The van der Waals surface area contributed by atoms with Gasteiger partial charge in [0.05, 0.1) is 0 Å². The van der Waals surface area contributed by atoms with Gasteiger partial charge < -0.3 is 10.6 Å². The molecule has 24 heavy (non-hydrogen) atoms. The summed E-state index contributed by atoms with van der Waals surface area (Å²) >= 11 is 0. The molecule has 2 aromatic carbocycles. The normalized spacial score (nSPS) is 18.7. The topological polar surface area (TPSA) is 41.1 Å². The number of nitrogens with one attached hydrogen (secondary N) is 2. The molecule has 1 heterocycles. The molecule has 1 aliphatic carbocycles. The zero-order valence-corrected chi connectivity index (χ0v) is 13.5. The highest BCUT2D eigenvalue weighted by Crippen LogP contribution is 2.28. The van der Waals surface area contributed by atoms with E-state index in [1.54, 1.807) is 12.1 Å². The molecule has 1 amide bonds. The van der Waals surface area contributed by atoms with E-state index in [-0.39, 0.29) is 23.8 Å². The van der Waals surface area contributed by atoms with Crippen LogP contribution < -0.4 is 21.1 Å². The molecule has 1 unspecified atom stereocenters. The van der Waals surface area contributed by atoms with E-state index >= 15 is 0 Å². The Morgan fingerprint density at radius 2 is 2.00 bits per heavy atom. The second kappa shape index (κ2) is 5.78. The number of hydrogen-bond donors (Lipinski definition) is 2. The van der Waals surface area contributed by atoms with Gasteiger partial charge in [-0.25, -0.2) is 4.39 Å². The monoisotopic (exact) mass is 322 g/mol. The minimum atomic E-state index is -0.232. The van der Waals surface area contributed by atoms with Crippen LogP contribution in [0.2, 0.25) is 0 Å². The van der Waals surface area contributed by atoms with Gasteiger partial charge in [-0.1, -0.05) is 18.2 Å². The number of benzene rings is 2. The Bertz CT molecular complexity index is 931. The zero-order chi connectivity index (χ0) is 16.7. The summed E-state index contributed by atoms with van der Waals surface area (Å²) in [6.07, 6.45) is 5.74. The van der Waals surface area contributed by atoms with Crippen LogP contribution in [0.15, 0.2) is 36.4 Å². The van der Waals surface area contributed by atoms with Gasteiger partial charge in [0.15, 0.2) is 0 Å². The van der Waals surface area contributed by atoms with Gasteiger partial charge in [-0.15, -0.1) is 0 Å². The minimum Gasteiger partial charge on any atom is -0.368 e. The van der Waals surface area contributed by atoms with Gasteiger partial charge in [0.1, 0.15) is 12.0 Å². The lowest BCUT2D eigenvalue weighted by atomic mass is 9.99. The van der Waals surface area contributed by atoms with Crippen LogP contribution in [0.25, 0.3) is 23.4 Å². The van der Waals surface area contributed by atoms with E-state index in [9.17, 15) is 9.18 Å². The van der Waals surface area contributed by atoms with Crippen LogP contribution in [0.4, 0.5) is 4.39 Å². The summed E-state index contributed by atoms with van der Waals surface area (Å²) < 4.78 is 13.5. The number of fused-ring (bicyclic) bond motifs is 1. The number of halogens is 1. The van der Waals surface area contributed by atoms with E-state index in [1.165, 1.54) is 6.07 Å². The van der Waals surface area contributed by atoms with E-state index in [4.69, 9.17) is 0 Å². The number of rotatable bonds is 3. The third kappa shape index (κ3) is 2.92. The second-order valence-corrected chi connectivity index (χ2v) is 6.54. The highest BCUT2D eigenvalue weighted by Gasteiger charge is 2.30. The molecule has 4 heteroatoms. The third-order valence-electron chi connectivity index (χ3n) is 4.61. The maximum absolute atomic E-state index is 13.5. The number of carbonyl (C=O) groups is 1. The maximum Gasteiger partial charge on any atom is 0.224 e. The van der Waals surface area contributed by atoms with E-state index in [1.807, 2.05) is 37.4 Å². The summed E-state index contributed by atoms with van der Waals surface area (Å²) in [6.45, 7) is 1.98. The highest BCUT2D eigenvalue weighted by atomic mass is 19.1. The molecule has 3 nitrogen and oxygen atoms in total. The molecule has 0 saturated heterocycles. The van der Waals surface area contributed by atoms with E-state index in [2.05, 4.69) is 10.6 Å². The molecule has 1 atom stereocenters. The SMILES string of the molecule is Cc1ccc(F)cc1-c1ccc2c(c1)=CNC(NC(=O)C1CC1)C=2. The smallest absolute Gasteiger partial charge is 0.224 e. The molecule has 1 aliphatic heterocycles. The summed E-state index contributed by atoms with van der Waals surface area (Å²) in [4.78, 5) is 11.9. The van der Waals surface area contributed by atoms with Crippen molar-refractivity contribution in [3.05, 3.63) is 58.2 Å². The summed E-state index contributed by atoms with van der Waals surface area (Å²) in [7, 11) is 0. The van der Waals surface area contributed by atoms with Crippen molar-refractivity contribution in [2.24, 2.45) is 5.92 Å². The first-order valence-corrected chi connectivity index (χ1v) is 8.25. The Balaban J connectivity index is 1.65. The lowest BCUT2D eigenvalue weighted by Gasteiger charge is -2.18. The minimum absolute atomic E-state index is 0.118. The van der Waals surface area contributed by atoms with Crippen molar-refractivity contribution < 1.29 is 9.18 Å². The maximum atomic E-state index is 13.5. The molecule has 2 N–H and O–H groups in total. The first kappa shape index (κ1) is 14.9. The summed E-state index contributed by atoms with van der Waals surface area (Å²) in [5, 5.41) is 8.30. The van der Waals surface area contributed by atoms with Crippen LogP contribution in [0.5, 0.6) is 0 Å². The van der Waals surface area contributed by atoms with Gasteiger partial charge in [-0.3, -0.25) is 4.79 Å². The Morgan fingerprint density at radius 3 is 2.79 bits per heavy atom. The first-order valence-electron chi connectivity index (χ1n) is 8.25. The van der Waals surface area contributed by atoms with Crippen LogP contribution in [-0.2, 0) is 4.79 Å². The lowest BCUT2D eigenvalue weighted by molar-refractivity contribution is -0.122. The fraction of sp³-hybridized carbons (Fsp3) is 0.250. The number of carbonyl (C=O) groups excluding carboxylic acids is 1. The van der Waals surface area contributed by atoms with Crippen molar-refractivity contribution in [2.75, 3.05) is 0 Å². The van der Waals surface area contributed by atoms with E-state index in [0.717, 1.165) is 40.0 Å². The summed E-state index contributed by atoms with van der Waals surface area (Å²) in [5.74, 6) is 0.0809. The number of amides is 1. The average Bonchev–Trinajstić information content (AvgIpc) is 3.42. The van der Waals surface area contributed by atoms with Crippen molar-refractivity contribution in [1.29, 1.82) is 0 Å². The Kier molecular flexibility index (Phi) is 3.60. The standard InChI is InChI=1S/C20H19FN2O/c1-12-2-7-17(21)10-18(12)15-6-5-14-9-19(22-11-16(14)8-15)23-20(24)13-3-4-13/h2,5-11,13,19,22H,3-4H2,1H3,(H,23,24). The Labute approximate surface area is 139 Å². The van der Waals surface area contributed by atoms with Gasteiger partial charge in [0, 0.05) is 12.1 Å². The summed E-state index contributed by atoms with van der Waals surface area (Å²) in [5.41, 5.74) is 2.92. The number of aryl methyl sites for hydroxylation is 1. The van der Waals surface area contributed by atoms with Crippen LogP contribution in [0, 0.1) is 18.7 Å². The lowest BCUT2D eigenvalue weighted by Crippen LogP contribution is -2.48. The van der Waals surface area contributed by atoms with Crippen LogP contribution >= 0.6 is 0 Å². The first-order chi connectivity index (χ1) is 11.6. The van der Waals surface area contributed by atoms with Crippen molar-refractivity contribution in [2.45, 2.75) is 25.9 Å². The molecule has 1 fully saturated rings. The Morgan fingerprint density at radius 1 is 1.17 bits per heavy atom. The van der Waals surface area contributed by atoms with Gasteiger partial charge in [0.25, 0.3) is 0 Å². The molecular weight excluding hydrogens is 303 g/mol. The molecule has 0 aromatic heterocycles. The van der Waals surface area contributed by atoms with Crippen LogP contribution in [0.1, 0.15) is 18.4 Å². The predicted molar refractivity (Wildman–Crippen MR) is 92.5 cm³/mol. The molecule has 122 valence electrons. The van der Waals surface area contributed by atoms with Gasteiger partial charge in [0.2, 0.25) is 5.91 Å². The third-order valence-corrected chi connectivity index (χ3v) is 4.61. The second-order valence-electron chi connectivity index (χ2n) is 6.54. The van der Waals surface area contributed by atoms with Gasteiger partial charge in [-0.05, 0) is 71.2 Å². The molecule has 4 rings (SSSR count). The summed E-state index contributed by atoms with van der Waals surface area (Å²) in [6, 6.07) is 10.9. The van der Waals surface area contributed by atoms with Crippen molar-refractivity contribution in [3.63, 3.8) is 0 Å². The molecular formula is C20H19FN2O. The average molecular weight is 322 g/mol. The molecule has 2 aromatic rings. The molecule has 1 saturated carbocycles. The largest absolute Gasteiger partial charge is 0.368 e. The molecule has 2 aliphatic rings. The molecule has 0 spiro atoms. The van der Waals surface area contributed by atoms with E-state index in [0.29, 0.717) is 0 Å². The van der Waals surface area contributed by atoms with Crippen molar-refractivity contribution in [3.8, 4) is 11.1 Å². The molecule has 0 radical (unpaired) electrons. The van der Waals surface area contributed by atoms with Gasteiger partial charge >= 0.3 is 0 Å². The van der Waals surface area contributed by atoms with Gasteiger partial charge in [-0.2, -0.15) is 0 Å². The van der Waals surface area contributed by atoms with Crippen LogP contribution in [0.3, 0.4) is 0 Å². The quantitative estimate of drug-likeness (QED) is 0.904. The fourth-order valence-electron chi connectivity index (χ4n) is 3.03. The van der Waals surface area contributed by atoms with Crippen molar-refractivity contribution in [1.82, 2.24) is 10.6 Å². The molecule has 0 bridgehead atoms. The predicted octanol–water partition coefficient (Wildman–Crippen LogP) is 1.78. The van der Waals surface area contributed by atoms with Crippen LogP contribution in [-0.4, -0.2) is 12.1 Å². The van der Waals surface area contributed by atoms with E-state index < -0.39 is 0 Å². The number of hydrogen-bond acceptors (Lipinski definition) is 2.